The van der Waals surface area contributed by atoms with Crippen molar-refractivity contribution in [3.8, 4) is 10.7 Å². The molecule has 3 heterocycles. The quantitative estimate of drug-likeness (QED) is 0.803. The molecule has 0 amide bonds. The molecule has 102 valence electrons. The summed E-state index contributed by atoms with van der Waals surface area (Å²) in [6.07, 6.45) is 1.73. The molecular weight excluding hydrogens is 274 g/mol. The maximum atomic E-state index is 11.4. The number of hydrogen-bond donors (Lipinski definition) is 1. The molecule has 0 saturated carbocycles. The van der Waals surface area contributed by atoms with Gasteiger partial charge in [0.1, 0.15) is 11.6 Å². The fourth-order valence-electron chi connectivity index (χ4n) is 2.14. The van der Waals surface area contributed by atoms with Gasteiger partial charge in [0.2, 0.25) is 0 Å². The molecule has 0 spiro atoms. The number of carboxylic acid groups (broad SMARTS) is 1. The Morgan fingerprint density at radius 2 is 2.30 bits per heavy atom. The average molecular weight is 287 g/mol. The predicted octanol–water partition coefficient (Wildman–Crippen LogP) is 3.11. The van der Waals surface area contributed by atoms with Crippen LogP contribution < -0.4 is 0 Å². The normalized spacial score (nSPS) is 12.7. The van der Waals surface area contributed by atoms with Crippen LogP contribution in [0.1, 0.15) is 18.5 Å². The Labute approximate surface area is 119 Å². The third-order valence-corrected chi connectivity index (χ3v) is 4.02. The Bertz CT molecular complexity index is 777. The number of hydrogen-bond acceptors (Lipinski definition) is 4. The summed E-state index contributed by atoms with van der Waals surface area (Å²) in [6.45, 7) is 3.58. The van der Waals surface area contributed by atoms with Crippen molar-refractivity contribution in [1.82, 2.24) is 14.5 Å². The Morgan fingerprint density at radius 1 is 1.50 bits per heavy atom. The summed E-state index contributed by atoms with van der Waals surface area (Å²) in [5.74, 6) is -0.243. The maximum absolute atomic E-state index is 11.4. The summed E-state index contributed by atoms with van der Waals surface area (Å²) in [5.41, 5.74) is 2.33. The van der Waals surface area contributed by atoms with Gasteiger partial charge in [-0.05, 0) is 36.9 Å². The van der Waals surface area contributed by atoms with E-state index in [1.54, 1.807) is 17.7 Å². The van der Waals surface area contributed by atoms with Crippen molar-refractivity contribution in [3.63, 3.8) is 0 Å². The number of carbonyl (C=O) groups is 1. The number of pyridine rings is 1. The Kier molecular flexibility index (Phi) is 3.02. The Balaban J connectivity index is 2.32. The van der Waals surface area contributed by atoms with Gasteiger partial charge in [-0.1, -0.05) is 6.07 Å². The predicted molar refractivity (Wildman–Crippen MR) is 77.9 cm³/mol. The topological polar surface area (TPSA) is 68.0 Å². The zero-order chi connectivity index (χ0) is 14.3. The monoisotopic (exact) mass is 287 g/mol. The van der Waals surface area contributed by atoms with Crippen molar-refractivity contribution in [2.45, 2.75) is 19.9 Å². The van der Waals surface area contributed by atoms with Crippen LogP contribution in [0.5, 0.6) is 0 Å². The lowest BCUT2D eigenvalue weighted by molar-refractivity contribution is -0.140. The molecule has 20 heavy (non-hydrogen) atoms. The SMILES string of the molecule is Cc1cnc2c(c1)nc(-c1cccs1)n2C(C)C(=O)O. The van der Waals surface area contributed by atoms with Crippen LogP contribution >= 0.6 is 11.3 Å². The molecule has 5 nitrogen and oxygen atoms in total. The van der Waals surface area contributed by atoms with E-state index < -0.39 is 12.0 Å². The van der Waals surface area contributed by atoms with E-state index in [0.29, 0.717) is 11.5 Å². The number of aryl methyl sites for hydroxylation is 1. The van der Waals surface area contributed by atoms with E-state index in [0.717, 1.165) is 16.0 Å². The summed E-state index contributed by atoms with van der Waals surface area (Å²) in [6, 6.07) is 5.06. The molecule has 1 atom stereocenters. The second-order valence-corrected chi connectivity index (χ2v) is 5.60. The van der Waals surface area contributed by atoms with E-state index in [9.17, 15) is 9.90 Å². The third kappa shape index (κ3) is 1.98. The average Bonchev–Trinajstić information content (AvgIpc) is 3.03. The summed E-state index contributed by atoms with van der Waals surface area (Å²) >= 11 is 1.53. The van der Waals surface area contributed by atoms with E-state index >= 15 is 0 Å². The minimum atomic E-state index is -0.899. The number of imidazole rings is 1. The van der Waals surface area contributed by atoms with Crippen LogP contribution in [0.25, 0.3) is 21.9 Å². The summed E-state index contributed by atoms with van der Waals surface area (Å²) in [5, 5.41) is 11.3. The van der Waals surface area contributed by atoms with Crippen LogP contribution in [0.2, 0.25) is 0 Å². The molecule has 0 saturated heterocycles. The second-order valence-electron chi connectivity index (χ2n) is 4.65. The molecule has 0 fully saturated rings. The number of thiophene rings is 1. The van der Waals surface area contributed by atoms with Gasteiger partial charge in [-0.3, -0.25) is 4.57 Å². The first kappa shape index (κ1) is 12.8. The fraction of sp³-hybridized carbons (Fsp3) is 0.214. The van der Waals surface area contributed by atoms with E-state index in [1.165, 1.54) is 11.3 Å². The smallest absolute Gasteiger partial charge is 0.326 e. The lowest BCUT2D eigenvalue weighted by Crippen LogP contribution is -2.16. The zero-order valence-electron chi connectivity index (χ0n) is 11.1. The van der Waals surface area contributed by atoms with Crippen LogP contribution in [0.15, 0.2) is 29.8 Å². The molecule has 6 heteroatoms. The van der Waals surface area contributed by atoms with Crippen molar-refractivity contribution < 1.29 is 9.90 Å². The highest BCUT2D eigenvalue weighted by Crippen LogP contribution is 2.30. The standard InChI is InChI=1S/C14H13N3O2S/c1-8-6-10-12(15-7-8)17(9(2)14(18)19)13(16-10)11-4-3-5-20-11/h3-7,9H,1-2H3,(H,18,19). The van der Waals surface area contributed by atoms with Crippen LogP contribution in [0.3, 0.4) is 0 Å². The lowest BCUT2D eigenvalue weighted by atomic mass is 10.3. The van der Waals surface area contributed by atoms with Crippen molar-refractivity contribution in [1.29, 1.82) is 0 Å². The number of nitrogens with zero attached hydrogens (tertiary/aromatic N) is 3. The maximum Gasteiger partial charge on any atom is 0.326 e. The van der Waals surface area contributed by atoms with Gasteiger partial charge in [0.15, 0.2) is 11.5 Å². The minimum absolute atomic E-state index is 0.605. The molecule has 0 aromatic carbocycles. The van der Waals surface area contributed by atoms with Crippen molar-refractivity contribution in [2.75, 3.05) is 0 Å². The van der Waals surface area contributed by atoms with Crippen molar-refractivity contribution >= 4 is 28.5 Å². The van der Waals surface area contributed by atoms with Crippen LogP contribution in [-0.4, -0.2) is 25.6 Å². The zero-order valence-corrected chi connectivity index (χ0v) is 11.9. The molecule has 3 aromatic rings. The van der Waals surface area contributed by atoms with Crippen LogP contribution in [0, 0.1) is 6.92 Å². The van der Waals surface area contributed by atoms with Gasteiger partial charge in [-0.2, -0.15) is 0 Å². The Morgan fingerprint density at radius 3 is 2.95 bits per heavy atom. The molecule has 3 aromatic heterocycles. The molecule has 0 aliphatic carbocycles. The molecule has 1 unspecified atom stereocenters. The van der Waals surface area contributed by atoms with Gasteiger partial charge in [0.05, 0.1) is 4.88 Å². The van der Waals surface area contributed by atoms with Gasteiger partial charge in [-0.25, -0.2) is 14.8 Å². The highest BCUT2D eigenvalue weighted by molar-refractivity contribution is 7.13. The number of aromatic nitrogens is 3. The van der Waals surface area contributed by atoms with Gasteiger partial charge in [0, 0.05) is 6.20 Å². The van der Waals surface area contributed by atoms with E-state index in [1.807, 2.05) is 30.5 Å². The first-order chi connectivity index (χ1) is 9.58. The molecule has 1 N–H and O–H groups in total. The van der Waals surface area contributed by atoms with Gasteiger partial charge < -0.3 is 5.11 Å². The highest BCUT2D eigenvalue weighted by atomic mass is 32.1. The first-order valence-corrected chi connectivity index (χ1v) is 7.07. The van der Waals surface area contributed by atoms with E-state index in [-0.39, 0.29) is 0 Å². The summed E-state index contributed by atoms with van der Waals surface area (Å²) in [7, 11) is 0. The van der Waals surface area contributed by atoms with Gasteiger partial charge in [-0.15, -0.1) is 11.3 Å². The van der Waals surface area contributed by atoms with E-state index in [2.05, 4.69) is 9.97 Å². The molecule has 0 aliphatic heterocycles. The second kappa shape index (κ2) is 4.72. The minimum Gasteiger partial charge on any atom is -0.480 e. The highest BCUT2D eigenvalue weighted by Gasteiger charge is 2.23. The summed E-state index contributed by atoms with van der Waals surface area (Å²) < 4.78 is 1.68. The van der Waals surface area contributed by atoms with Crippen LogP contribution in [0.4, 0.5) is 0 Å². The van der Waals surface area contributed by atoms with Crippen molar-refractivity contribution in [3.05, 3.63) is 35.3 Å². The first-order valence-electron chi connectivity index (χ1n) is 6.19. The van der Waals surface area contributed by atoms with Crippen LogP contribution in [-0.2, 0) is 4.79 Å². The summed E-state index contributed by atoms with van der Waals surface area (Å²) in [4.78, 5) is 21.2. The molecule has 0 bridgehead atoms. The largest absolute Gasteiger partial charge is 0.480 e. The molecule has 3 rings (SSSR count). The molecular formula is C14H13N3O2S. The number of rotatable bonds is 3. The number of aliphatic carboxylic acids is 1. The lowest BCUT2D eigenvalue weighted by Gasteiger charge is -2.12. The van der Waals surface area contributed by atoms with Gasteiger partial charge in [0.25, 0.3) is 0 Å². The number of carboxylic acids is 1. The Hall–Kier alpha value is -2.21. The molecule has 0 radical (unpaired) electrons. The van der Waals surface area contributed by atoms with E-state index in [4.69, 9.17) is 0 Å². The fourth-order valence-corrected chi connectivity index (χ4v) is 2.85. The van der Waals surface area contributed by atoms with Crippen molar-refractivity contribution in [2.24, 2.45) is 0 Å². The number of fused-ring (bicyclic) bond motifs is 1. The molecule has 0 aliphatic rings. The third-order valence-electron chi connectivity index (χ3n) is 3.15. The van der Waals surface area contributed by atoms with Gasteiger partial charge >= 0.3 is 5.97 Å².